The Bertz CT molecular complexity index is 776. The number of anilines is 1. The number of hydrogen-bond donors (Lipinski definition) is 0. The Morgan fingerprint density at radius 1 is 1.12 bits per heavy atom. The highest BCUT2D eigenvalue weighted by Gasteiger charge is 2.35. The first kappa shape index (κ1) is 18.6. The maximum atomic E-state index is 13.1. The van der Waals surface area contributed by atoms with Gasteiger partial charge >= 0.3 is 6.18 Å². The first-order valence-corrected chi connectivity index (χ1v) is 9.65. The van der Waals surface area contributed by atoms with Crippen LogP contribution in [0.25, 0.3) is 0 Å². The lowest BCUT2D eigenvalue weighted by molar-refractivity contribution is -0.139. The molecule has 0 spiro atoms. The predicted molar refractivity (Wildman–Crippen MR) is 91.7 cm³/mol. The largest absolute Gasteiger partial charge is 0.490 e. The Balaban J connectivity index is 1.62. The lowest BCUT2D eigenvalue weighted by Gasteiger charge is -2.33. The summed E-state index contributed by atoms with van der Waals surface area (Å²) in [6, 6.07) is 8.69. The summed E-state index contributed by atoms with van der Waals surface area (Å²) in [6.45, 7) is 1.20. The van der Waals surface area contributed by atoms with Crippen molar-refractivity contribution >= 4 is 16.6 Å². The fraction of sp³-hybridized carbons (Fsp3) is 0.412. The van der Waals surface area contributed by atoms with Crippen molar-refractivity contribution in [1.29, 1.82) is 0 Å². The molecule has 0 amide bonds. The van der Waals surface area contributed by atoms with E-state index < -0.39 is 22.5 Å². The number of piperidine rings is 1. The number of aromatic nitrogens is 2. The van der Waals surface area contributed by atoms with E-state index in [0.29, 0.717) is 36.8 Å². The molecule has 26 heavy (non-hydrogen) atoms. The molecule has 2 heterocycles. The van der Waals surface area contributed by atoms with Gasteiger partial charge in [0.15, 0.2) is 5.82 Å². The normalized spacial score (nSPS) is 17.2. The van der Waals surface area contributed by atoms with Gasteiger partial charge in [0.05, 0.1) is 16.4 Å². The number of ether oxygens (including phenoxy) is 1. The van der Waals surface area contributed by atoms with Gasteiger partial charge < -0.3 is 9.64 Å². The molecule has 1 aromatic heterocycles. The van der Waals surface area contributed by atoms with Gasteiger partial charge in [0, 0.05) is 32.2 Å². The molecule has 5 nitrogen and oxygen atoms in total. The number of rotatable bonds is 4. The number of halogens is 3. The lowest BCUT2D eigenvalue weighted by Crippen LogP contribution is -2.39. The molecule has 1 atom stereocenters. The lowest BCUT2D eigenvalue weighted by atomic mass is 10.1. The number of benzene rings is 1. The standard InChI is InChI=1S/C17H18F3N3O2S/c1-26(24)16-7-6-15(21-22-16)23-10-8-12(9-11-23)25-14-5-3-2-4-13(14)17(18,19)20/h2-7,12H,8-11H2,1H3. The molecule has 0 saturated carbocycles. The minimum Gasteiger partial charge on any atom is -0.490 e. The van der Waals surface area contributed by atoms with Crippen molar-refractivity contribution < 1.29 is 22.1 Å². The van der Waals surface area contributed by atoms with E-state index in [-0.39, 0.29) is 11.9 Å². The van der Waals surface area contributed by atoms with Crippen LogP contribution in [0.4, 0.5) is 19.0 Å². The zero-order chi connectivity index (χ0) is 18.7. The maximum absolute atomic E-state index is 13.1. The highest BCUT2D eigenvalue weighted by molar-refractivity contribution is 7.84. The molecule has 140 valence electrons. The second kappa shape index (κ2) is 7.61. The van der Waals surface area contributed by atoms with Gasteiger partial charge in [0.25, 0.3) is 0 Å². The molecule has 3 rings (SSSR count). The Morgan fingerprint density at radius 2 is 1.81 bits per heavy atom. The topological polar surface area (TPSA) is 55.3 Å². The Kier molecular flexibility index (Phi) is 5.45. The van der Waals surface area contributed by atoms with Crippen LogP contribution in [-0.4, -0.2) is 39.9 Å². The van der Waals surface area contributed by atoms with Gasteiger partial charge in [0.2, 0.25) is 0 Å². The van der Waals surface area contributed by atoms with Crippen molar-refractivity contribution in [2.75, 3.05) is 24.2 Å². The van der Waals surface area contributed by atoms with E-state index in [4.69, 9.17) is 4.74 Å². The zero-order valence-electron chi connectivity index (χ0n) is 14.1. The average molecular weight is 385 g/mol. The molecule has 2 aromatic rings. The van der Waals surface area contributed by atoms with Gasteiger partial charge in [-0.15, -0.1) is 10.2 Å². The van der Waals surface area contributed by atoms with Crippen molar-refractivity contribution in [3.63, 3.8) is 0 Å². The fourth-order valence-electron chi connectivity index (χ4n) is 2.82. The minimum atomic E-state index is -4.44. The van der Waals surface area contributed by atoms with E-state index in [0.717, 1.165) is 6.07 Å². The third-order valence-corrected chi connectivity index (χ3v) is 4.98. The molecule has 1 aliphatic rings. The highest BCUT2D eigenvalue weighted by Crippen LogP contribution is 2.37. The van der Waals surface area contributed by atoms with Crippen molar-refractivity contribution in [2.45, 2.75) is 30.1 Å². The van der Waals surface area contributed by atoms with Crippen LogP contribution < -0.4 is 9.64 Å². The third kappa shape index (κ3) is 4.32. The summed E-state index contributed by atoms with van der Waals surface area (Å²) in [4.78, 5) is 1.99. The molecule has 9 heteroatoms. The van der Waals surface area contributed by atoms with Crippen LogP contribution in [0.15, 0.2) is 41.4 Å². The first-order chi connectivity index (χ1) is 12.3. The van der Waals surface area contributed by atoms with Crippen molar-refractivity contribution in [2.24, 2.45) is 0 Å². The summed E-state index contributed by atoms with van der Waals surface area (Å²) < 4.78 is 56.1. The molecule has 1 saturated heterocycles. The Morgan fingerprint density at radius 3 is 2.38 bits per heavy atom. The van der Waals surface area contributed by atoms with Crippen molar-refractivity contribution in [3.8, 4) is 5.75 Å². The van der Waals surface area contributed by atoms with E-state index in [1.54, 1.807) is 12.1 Å². The van der Waals surface area contributed by atoms with Crippen molar-refractivity contribution in [1.82, 2.24) is 10.2 Å². The van der Waals surface area contributed by atoms with Crippen LogP contribution in [0.1, 0.15) is 18.4 Å². The summed E-state index contributed by atoms with van der Waals surface area (Å²) in [7, 11) is -1.18. The second-order valence-electron chi connectivity index (χ2n) is 5.98. The SMILES string of the molecule is CS(=O)c1ccc(N2CCC(Oc3ccccc3C(F)(F)F)CC2)nn1. The second-order valence-corrected chi connectivity index (χ2v) is 7.31. The number of alkyl halides is 3. The quantitative estimate of drug-likeness (QED) is 0.809. The minimum absolute atomic E-state index is 0.131. The van der Waals surface area contributed by atoms with Gasteiger partial charge in [-0.2, -0.15) is 13.2 Å². The number of hydrogen-bond acceptors (Lipinski definition) is 5. The molecule has 0 radical (unpaired) electrons. The van der Waals surface area contributed by atoms with Gasteiger partial charge in [-0.25, -0.2) is 0 Å². The molecule has 1 aromatic carbocycles. The summed E-state index contributed by atoms with van der Waals surface area (Å²) in [5.74, 6) is 0.529. The van der Waals surface area contributed by atoms with E-state index in [2.05, 4.69) is 10.2 Å². The van der Waals surface area contributed by atoms with Crippen LogP contribution in [-0.2, 0) is 17.0 Å². The first-order valence-electron chi connectivity index (χ1n) is 8.09. The molecule has 0 bridgehead atoms. The van der Waals surface area contributed by atoms with E-state index in [1.807, 2.05) is 4.90 Å². The van der Waals surface area contributed by atoms with Gasteiger partial charge in [-0.1, -0.05) is 12.1 Å². The van der Waals surface area contributed by atoms with E-state index in [1.165, 1.54) is 24.5 Å². The maximum Gasteiger partial charge on any atom is 0.419 e. The molecule has 1 fully saturated rings. The van der Waals surface area contributed by atoms with Crippen LogP contribution in [0, 0.1) is 0 Å². The molecular formula is C17H18F3N3O2S. The van der Waals surface area contributed by atoms with Crippen LogP contribution in [0.2, 0.25) is 0 Å². The monoisotopic (exact) mass is 385 g/mol. The Hall–Kier alpha value is -2.16. The summed E-state index contributed by atoms with van der Waals surface area (Å²) in [6.07, 6.45) is -2.03. The summed E-state index contributed by atoms with van der Waals surface area (Å²) in [5, 5.41) is 8.42. The third-order valence-electron chi connectivity index (χ3n) is 4.17. The zero-order valence-corrected chi connectivity index (χ0v) is 14.9. The smallest absolute Gasteiger partial charge is 0.419 e. The van der Waals surface area contributed by atoms with E-state index >= 15 is 0 Å². The Labute approximate surface area is 151 Å². The van der Waals surface area contributed by atoms with Crippen LogP contribution >= 0.6 is 0 Å². The highest BCUT2D eigenvalue weighted by atomic mass is 32.2. The van der Waals surface area contributed by atoms with Crippen LogP contribution in [0.3, 0.4) is 0 Å². The molecule has 1 unspecified atom stereocenters. The number of para-hydroxylation sites is 1. The molecule has 0 N–H and O–H groups in total. The molecule has 1 aliphatic heterocycles. The predicted octanol–water partition coefficient (Wildman–Crippen LogP) is 3.28. The average Bonchev–Trinajstić information content (AvgIpc) is 2.62. The van der Waals surface area contributed by atoms with Crippen LogP contribution in [0.5, 0.6) is 5.75 Å². The van der Waals surface area contributed by atoms with Crippen molar-refractivity contribution in [3.05, 3.63) is 42.0 Å². The molecule has 0 aliphatic carbocycles. The molecular weight excluding hydrogens is 367 g/mol. The fourth-order valence-corrected chi connectivity index (χ4v) is 3.24. The summed E-state index contributed by atoms with van der Waals surface area (Å²) in [5.41, 5.74) is -0.753. The van der Waals surface area contributed by atoms with E-state index in [9.17, 15) is 17.4 Å². The number of nitrogens with zero attached hydrogens (tertiary/aromatic N) is 3. The van der Waals surface area contributed by atoms with Gasteiger partial charge in [0.1, 0.15) is 16.9 Å². The van der Waals surface area contributed by atoms with Gasteiger partial charge in [-0.05, 0) is 24.3 Å². The summed E-state index contributed by atoms with van der Waals surface area (Å²) >= 11 is 0. The van der Waals surface area contributed by atoms with Gasteiger partial charge in [-0.3, -0.25) is 4.21 Å².